The van der Waals surface area contributed by atoms with E-state index in [1.165, 1.54) is 16.7 Å². The number of hydrogen-bond donors (Lipinski definition) is 1. The molecule has 0 radical (unpaired) electrons. The molecule has 1 aliphatic heterocycles. The monoisotopic (exact) mass is 358 g/mol. The molecule has 1 saturated heterocycles. The molecule has 26 heavy (non-hydrogen) atoms. The molecule has 1 aromatic carbocycles. The summed E-state index contributed by atoms with van der Waals surface area (Å²) in [4.78, 5) is 26.4. The average Bonchev–Trinajstić information content (AvgIpc) is 2.52. The summed E-state index contributed by atoms with van der Waals surface area (Å²) in [6.45, 7) is 10.7. The fourth-order valence-electron chi connectivity index (χ4n) is 3.48. The number of benzene rings is 1. The third kappa shape index (κ3) is 5.18. The van der Waals surface area contributed by atoms with Gasteiger partial charge in [-0.2, -0.15) is 0 Å². The molecule has 2 atom stereocenters. The Kier molecular flexibility index (Phi) is 6.98. The zero-order valence-electron chi connectivity index (χ0n) is 16.5. The van der Waals surface area contributed by atoms with Gasteiger partial charge in [-0.3, -0.25) is 15.0 Å². The molecule has 0 aromatic heterocycles. The summed E-state index contributed by atoms with van der Waals surface area (Å²) in [5.41, 5.74) is 4.68. The molecule has 2 rings (SSSR count). The predicted molar refractivity (Wildman–Crippen MR) is 103 cm³/mol. The first kappa shape index (κ1) is 20.2. The van der Waals surface area contributed by atoms with Crippen molar-refractivity contribution in [3.8, 4) is 0 Å². The second kappa shape index (κ2) is 8.99. The van der Waals surface area contributed by atoms with Crippen molar-refractivity contribution in [2.75, 3.05) is 13.3 Å². The van der Waals surface area contributed by atoms with Crippen LogP contribution in [0.2, 0.25) is 0 Å². The van der Waals surface area contributed by atoms with E-state index in [-0.39, 0.29) is 30.6 Å². The van der Waals surface area contributed by atoms with Crippen molar-refractivity contribution in [1.82, 2.24) is 10.2 Å². The van der Waals surface area contributed by atoms with Crippen LogP contribution in [-0.2, 0) is 16.0 Å². The molecule has 0 spiro atoms. The molecule has 142 valence electrons. The molecular formula is C21H30N2O3. The first-order chi connectivity index (χ1) is 12.3. The molecule has 5 nitrogen and oxygen atoms in total. The standard InChI is InChI=1S/C21H30N2O3/c1-6-18-19(12-17-10-15(4)9-16(5)11-17)23(21(25)22-20(18)24)13-26-8-7-14(2)3/h7,9-11,18-19H,6,8,12-13H2,1-5H3,(H,22,24,25). The number of imide groups is 1. The molecule has 3 amide bonds. The zero-order chi connectivity index (χ0) is 19.3. The maximum Gasteiger partial charge on any atom is 0.326 e. The Morgan fingerprint density at radius 1 is 1.19 bits per heavy atom. The fourth-order valence-corrected chi connectivity index (χ4v) is 3.48. The van der Waals surface area contributed by atoms with Gasteiger partial charge in [0.05, 0.1) is 18.6 Å². The number of urea groups is 1. The van der Waals surface area contributed by atoms with Crippen molar-refractivity contribution < 1.29 is 14.3 Å². The topological polar surface area (TPSA) is 58.6 Å². The Morgan fingerprint density at radius 2 is 1.85 bits per heavy atom. The van der Waals surface area contributed by atoms with E-state index < -0.39 is 0 Å². The number of carbonyl (C=O) groups is 2. The molecule has 1 heterocycles. The Bertz CT molecular complexity index is 672. The second-order valence-electron chi connectivity index (χ2n) is 7.33. The molecule has 1 fully saturated rings. The van der Waals surface area contributed by atoms with E-state index in [0.29, 0.717) is 19.4 Å². The van der Waals surface area contributed by atoms with Gasteiger partial charge in [-0.1, -0.05) is 47.9 Å². The highest BCUT2D eigenvalue weighted by molar-refractivity contribution is 5.98. The zero-order valence-corrected chi connectivity index (χ0v) is 16.5. The van der Waals surface area contributed by atoms with Gasteiger partial charge in [0.25, 0.3) is 0 Å². The van der Waals surface area contributed by atoms with Gasteiger partial charge in [-0.15, -0.1) is 0 Å². The molecule has 0 bridgehead atoms. The minimum Gasteiger partial charge on any atom is -0.357 e. The summed E-state index contributed by atoms with van der Waals surface area (Å²) in [6, 6.07) is 5.80. The van der Waals surface area contributed by atoms with Gasteiger partial charge >= 0.3 is 6.03 Å². The summed E-state index contributed by atoms with van der Waals surface area (Å²) < 4.78 is 5.68. The smallest absolute Gasteiger partial charge is 0.326 e. The summed E-state index contributed by atoms with van der Waals surface area (Å²) in [5.74, 6) is -0.423. The van der Waals surface area contributed by atoms with Crippen molar-refractivity contribution in [2.24, 2.45) is 5.92 Å². The number of carbonyl (C=O) groups excluding carboxylic acids is 2. The van der Waals surface area contributed by atoms with Crippen LogP contribution in [0.4, 0.5) is 4.79 Å². The van der Waals surface area contributed by atoms with Crippen LogP contribution in [0.25, 0.3) is 0 Å². The normalized spacial score (nSPS) is 20.1. The van der Waals surface area contributed by atoms with Crippen molar-refractivity contribution in [1.29, 1.82) is 0 Å². The van der Waals surface area contributed by atoms with Crippen LogP contribution in [-0.4, -0.2) is 36.2 Å². The lowest BCUT2D eigenvalue weighted by atomic mass is 9.87. The van der Waals surface area contributed by atoms with Crippen molar-refractivity contribution in [3.63, 3.8) is 0 Å². The summed E-state index contributed by atoms with van der Waals surface area (Å²) in [6.07, 6.45) is 3.30. The molecule has 0 saturated carbocycles. The molecular weight excluding hydrogens is 328 g/mol. The van der Waals surface area contributed by atoms with Crippen LogP contribution in [0.15, 0.2) is 29.8 Å². The van der Waals surface area contributed by atoms with Gasteiger partial charge in [-0.25, -0.2) is 4.79 Å². The third-order valence-corrected chi connectivity index (χ3v) is 4.70. The predicted octanol–water partition coefficient (Wildman–Crippen LogP) is 3.73. The Morgan fingerprint density at radius 3 is 2.42 bits per heavy atom. The second-order valence-corrected chi connectivity index (χ2v) is 7.33. The van der Waals surface area contributed by atoms with E-state index >= 15 is 0 Å². The minimum absolute atomic E-state index is 0.175. The van der Waals surface area contributed by atoms with Gasteiger partial charge in [0, 0.05) is 0 Å². The number of amides is 3. The van der Waals surface area contributed by atoms with Crippen LogP contribution in [0, 0.1) is 19.8 Å². The number of rotatable bonds is 7. The summed E-state index contributed by atoms with van der Waals surface area (Å²) >= 11 is 0. The van der Waals surface area contributed by atoms with E-state index in [1.807, 2.05) is 26.8 Å². The number of nitrogens with zero attached hydrogens (tertiary/aromatic N) is 1. The lowest BCUT2D eigenvalue weighted by molar-refractivity contribution is -0.129. The van der Waals surface area contributed by atoms with Crippen LogP contribution in [0.5, 0.6) is 0 Å². The van der Waals surface area contributed by atoms with Gasteiger partial charge < -0.3 is 4.74 Å². The lowest BCUT2D eigenvalue weighted by Gasteiger charge is -2.40. The van der Waals surface area contributed by atoms with Crippen LogP contribution in [0.1, 0.15) is 43.9 Å². The largest absolute Gasteiger partial charge is 0.357 e. The van der Waals surface area contributed by atoms with Crippen molar-refractivity contribution >= 4 is 11.9 Å². The average molecular weight is 358 g/mol. The maximum absolute atomic E-state index is 12.4. The highest BCUT2D eigenvalue weighted by Crippen LogP contribution is 2.25. The van der Waals surface area contributed by atoms with E-state index in [0.717, 1.165) is 5.56 Å². The fraction of sp³-hybridized carbons (Fsp3) is 0.524. The minimum atomic E-state index is -0.369. The molecule has 1 N–H and O–H groups in total. The van der Waals surface area contributed by atoms with E-state index in [9.17, 15) is 9.59 Å². The Hall–Kier alpha value is -2.14. The third-order valence-electron chi connectivity index (χ3n) is 4.70. The Balaban J connectivity index is 2.21. The van der Waals surface area contributed by atoms with Gasteiger partial charge in [0.1, 0.15) is 6.73 Å². The van der Waals surface area contributed by atoms with Crippen LogP contribution in [0.3, 0.4) is 0 Å². The highest BCUT2D eigenvalue weighted by Gasteiger charge is 2.40. The van der Waals surface area contributed by atoms with Gasteiger partial charge in [-0.05, 0) is 46.1 Å². The number of nitrogens with one attached hydrogen (secondary N) is 1. The molecule has 0 aliphatic carbocycles. The molecule has 1 aliphatic rings. The quantitative estimate of drug-likeness (QED) is 0.597. The molecule has 2 unspecified atom stereocenters. The van der Waals surface area contributed by atoms with Crippen molar-refractivity contribution in [2.45, 2.75) is 53.5 Å². The van der Waals surface area contributed by atoms with E-state index in [1.54, 1.807) is 4.90 Å². The first-order valence-corrected chi connectivity index (χ1v) is 9.21. The maximum atomic E-state index is 12.4. The lowest BCUT2D eigenvalue weighted by Crippen LogP contribution is -2.61. The molecule has 1 aromatic rings. The van der Waals surface area contributed by atoms with E-state index in [4.69, 9.17) is 4.74 Å². The van der Waals surface area contributed by atoms with Crippen LogP contribution < -0.4 is 5.32 Å². The van der Waals surface area contributed by atoms with Crippen LogP contribution >= 0.6 is 0 Å². The highest BCUT2D eigenvalue weighted by atomic mass is 16.5. The number of hydrogen-bond acceptors (Lipinski definition) is 3. The first-order valence-electron chi connectivity index (χ1n) is 9.21. The number of aryl methyl sites for hydroxylation is 2. The Labute approximate surface area is 156 Å². The number of allylic oxidation sites excluding steroid dienone is 1. The molecule has 5 heteroatoms. The summed E-state index contributed by atoms with van der Waals surface area (Å²) in [7, 11) is 0. The van der Waals surface area contributed by atoms with E-state index in [2.05, 4.69) is 37.4 Å². The van der Waals surface area contributed by atoms with Gasteiger partial charge in [0.15, 0.2) is 0 Å². The van der Waals surface area contributed by atoms with Crippen molar-refractivity contribution in [3.05, 3.63) is 46.5 Å². The van der Waals surface area contributed by atoms with Gasteiger partial charge in [0.2, 0.25) is 5.91 Å². The number of ether oxygens (including phenoxy) is 1. The summed E-state index contributed by atoms with van der Waals surface area (Å²) in [5, 5.41) is 2.47. The SMILES string of the molecule is CCC1C(=O)NC(=O)N(COCC=C(C)C)C1Cc1cc(C)cc(C)c1.